The maximum atomic E-state index is 12.9. The minimum atomic E-state index is -0.876. The molecule has 0 fully saturated rings. The van der Waals surface area contributed by atoms with E-state index in [4.69, 9.17) is 4.74 Å². The van der Waals surface area contributed by atoms with E-state index in [0.29, 0.717) is 10.6 Å². The Bertz CT molecular complexity index is 326. The average Bonchev–Trinajstić information content (AvgIpc) is 2.10. The topological polar surface area (TPSA) is 9.23 Å². The summed E-state index contributed by atoms with van der Waals surface area (Å²) in [5.41, 5.74) is 0. The fourth-order valence-corrected chi connectivity index (χ4v) is 1.55. The molecule has 0 bridgehead atoms. The lowest BCUT2D eigenvalue weighted by Crippen LogP contribution is -2.07. The maximum absolute atomic E-state index is 12.9. The molecule has 0 aliphatic rings. The molecule has 1 nitrogen and oxygen atoms in total. The summed E-state index contributed by atoms with van der Waals surface area (Å²) < 4.78 is 31.1. The largest absolute Gasteiger partial charge is 0.490 e. The highest BCUT2D eigenvalue weighted by atomic mass is 32.2. The highest BCUT2D eigenvalue weighted by Gasteiger charge is 2.11. The number of halogens is 2. The Hall–Kier alpha value is -0.770. The fraction of sp³-hybridized carbons (Fsp3) is 0.400. The van der Waals surface area contributed by atoms with Gasteiger partial charge in [-0.2, -0.15) is 0 Å². The van der Waals surface area contributed by atoms with Gasteiger partial charge in [0.15, 0.2) is 11.6 Å². The summed E-state index contributed by atoms with van der Waals surface area (Å²) >= 11 is 1.33. The summed E-state index contributed by atoms with van der Waals surface area (Å²) in [7, 11) is 0. The van der Waals surface area contributed by atoms with Crippen molar-refractivity contribution >= 4 is 11.8 Å². The first-order chi connectivity index (χ1) is 6.54. The van der Waals surface area contributed by atoms with E-state index >= 15 is 0 Å². The minimum Gasteiger partial charge on any atom is -0.490 e. The third-order valence-electron chi connectivity index (χ3n) is 1.57. The van der Waals surface area contributed by atoms with Gasteiger partial charge < -0.3 is 4.74 Å². The van der Waals surface area contributed by atoms with Gasteiger partial charge in [-0.25, -0.2) is 8.78 Å². The van der Waals surface area contributed by atoms with E-state index in [-0.39, 0.29) is 6.10 Å². The van der Waals surface area contributed by atoms with Gasteiger partial charge in [-0.3, -0.25) is 0 Å². The van der Waals surface area contributed by atoms with Crippen LogP contribution in [0.25, 0.3) is 0 Å². The number of hydrogen-bond acceptors (Lipinski definition) is 2. The van der Waals surface area contributed by atoms with Crippen LogP contribution in [0.2, 0.25) is 0 Å². The van der Waals surface area contributed by atoms with E-state index < -0.39 is 11.6 Å². The van der Waals surface area contributed by atoms with Crippen LogP contribution in [0.5, 0.6) is 5.75 Å². The van der Waals surface area contributed by atoms with Crippen molar-refractivity contribution in [2.45, 2.75) is 24.8 Å². The second-order valence-electron chi connectivity index (χ2n) is 3.08. The van der Waals surface area contributed by atoms with Crippen molar-refractivity contribution in [1.82, 2.24) is 0 Å². The van der Waals surface area contributed by atoms with Crippen molar-refractivity contribution in [3.63, 3.8) is 0 Å². The van der Waals surface area contributed by atoms with Crippen LogP contribution in [-0.4, -0.2) is 12.4 Å². The molecule has 0 atom stereocenters. The lowest BCUT2D eigenvalue weighted by atomic mass is 10.3. The fourth-order valence-electron chi connectivity index (χ4n) is 1.02. The molecule has 1 aromatic rings. The number of benzene rings is 1. The molecule has 0 saturated heterocycles. The van der Waals surface area contributed by atoms with Crippen LogP contribution < -0.4 is 4.74 Å². The van der Waals surface area contributed by atoms with Crippen molar-refractivity contribution < 1.29 is 13.5 Å². The normalized spacial score (nSPS) is 10.7. The first kappa shape index (κ1) is 11.3. The van der Waals surface area contributed by atoms with Crippen molar-refractivity contribution in [2.24, 2.45) is 0 Å². The average molecular weight is 218 g/mol. The highest BCUT2D eigenvalue weighted by molar-refractivity contribution is 7.98. The van der Waals surface area contributed by atoms with Crippen LogP contribution in [0.4, 0.5) is 8.78 Å². The first-order valence-electron chi connectivity index (χ1n) is 4.24. The maximum Gasteiger partial charge on any atom is 0.162 e. The second-order valence-corrected chi connectivity index (χ2v) is 3.93. The number of rotatable bonds is 3. The van der Waals surface area contributed by atoms with E-state index in [0.717, 1.165) is 12.1 Å². The van der Waals surface area contributed by atoms with Crippen molar-refractivity contribution in [2.75, 3.05) is 6.26 Å². The van der Waals surface area contributed by atoms with Crippen LogP contribution in [0.15, 0.2) is 17.0 Å². The number of thioether (sulfide) groups is 1. The standard InChI is InChI=1S/C10H12F2OS/c1-6(2)13-9-4-7(11)8(12)5-10(9)14-3/h4-6H,1-3H3. The SMILES string of the molecule is CSc1cc(F)c(F)cc1OC(C)C. The molecular formula is C10H12F2OS. The smallest absolute Gasteiger partial charge is 0.162 e. The van der Waals surface area contributed by atoms with Gasteiger partial charge in [-0.05, 0) is 26.2 Å². The van der Waals surface area contributed by atoms with Gasteiger partial charge in [-0.1, -0.05) is 0 Å². The predicted molar refractivity (Wildman–Crippen MR) is 53.9 cm³/mol. The van der Waals surface area contributed by atoms with Crippen LogP contribution in [0, 0.1) is 11.6 Å². The lowest BCUT2D eigenvalue weighted by molar-refractivity contribution is 0.234. The molecule has 4 heteroatoms. The summed E-state index contributed by atoms with van der Waals surface area (Å²) in [6.45, 7) is 3.68. The van der Waals surface area contributed by atoms with Gasteiger partial charge in [0.05, 0.1) is 11.0 Å². The third kappa shape index (κ3) is 2.61. The van der Waals surface area contributed by atoms with Gasteiger partial charge in [0.2, 0.25) is 0 Å². The zero-order valence-corrected chi connectivity index (χ0v) is 9.12. The van der Waals surface area contributed by atoms with Gasteiger partial charge in [0.1, 0.15) is 5.75 Å². The van der Waals surface area contributed by atoms with E-state index in [1.54, 1.807) is 6.26 Å². The van der Waals surface area contributed by atoms with E-state index in [1.807, 2.05) is 13.8 Å². The molecule has 0 radical (unpaired) electrons. The Morgan fingerprint density at radius 3 is 2.29 bits per heavy atom. The molecule has 1 rings (SSSR count). The Morgan fingerprint density at radius 2 is 1.79 bits per heavy atom. The van der Waals surface area contributed by atoms with Crippen molar-refractivity contribution in [3.05, 3.63) is 23.8 Å². The van der Waals surface area contributed by atoms with Gasteiger partial charge in [0, 0.05) is 6.07 Å². The van der Waals surface area contributed by atoms with Crippen LogP contribution in [0.1, 0.15) is 13.8 Å². The molecule has 14 heavy (non-hydrogen) atoms. The first-order valence-corrected chi connectivity index (χ1v) is 5.46. The molecule has 0 spiro atoms. The van der Waals surface area contributed by atoms with Gasteiger partial charge in [-0.15, -0.1) is 11.8 Å². The minimum absolute atomic E-state index is 0.0502. The summed E-state index contributed by atoms with van der Waals surface area (Å²) in [6, 6.07) is 2.24. The number of hydrogen-bond donors (Lipinski definition) is 0. The Kier molecular flexibility index (Phi) is 3.75. The lowest BCUT2D eigenvalue weighted by Gasteiger charge is -2.13. The van der Waals surface area contributed by atoms with E-state index in [1.165, 1.54) is 11.8 Å². The molecular weight excluding hydrogens is 206 g/mol. The molecule has 1 aromatic carbocycles. The summed E-state index contributed by atoms with van der Waals surface area (Å²) in [5, 5.41) is 0. The Labute approximate surface area is 86.5 Å². The third-order valence-corrected chi connectivity index (χ3v) is 2.33. The van der Waals surface area contributed by atoms with Crippen molar-refractivity contribution in [3.8, 4) is 5.75 Å². The van der Waals surface area contributed by atoms with Crippen LogP contribution in [-0.2, 0) is 0 Å². The number of ether oxygens (including phenoxy) is 1. The van der Waals surface area contributed by atoms with E-state index in [2.05, 4.69) is 0 Å². The predicted octanol–water partition coefficient (Wildman–Crippen LogP) is 3.47. The van der Waals surface area contributed by atoms with Crippen LogP contribution in [0.3, 0.4) is 0 Å². The van der Waals surface area contributed by atoms with E-state index in [9.17, 15) is 8.78 Å². The summed E-state index contributed by atoms with van der Waals surface area (Å²) in [5.74, 6) is -1.32. The monoisotopic (exact) mass is 218 g/mol. The molecule has 0 amide bonds. The molecule has 0 unspecified atom stereocenters. The summed E-state index contributed by atoms with van der Waals surface area (Å²) in [6.07, 6.45) is 1.74. The Morgan fingerprint density at radius 1 is 1.21 bits per heavy atom. The van der Waals surface area contributed by atoms with Crippen molar-refractivity contribution in [1.29, 1.82) is 0 Å². The molecule has 0 N–H and O–H groups in total. The Balaban J connectivity index is 3.07. The molecule has 0 aliphatic carbocycles. The zero-order valence-electron chi connectivity index (χ0n) is 8.30. The molecule has 78 valence electrons. The van der Waals surface area contributed by atoms with Gasteiger partial charge in [0.25, 0.3) is 0 Å². The zero-order chi connectivity index (χ0) is 10.7. The molecule has 0 heterocycles. The van der Waals surface area contributed by atoms with Gasteiger partial charge >= 0.3 is 0 Å². The highest BCUT2D eigenvalue weighted by Crippen LogP contribution is 2.30. The quantitative estimate of drug-likeness (QED) is 0.718. The molecule has 0 aromatic heterocycles. The second kappa shape index (κ2) is 4.64. The molecule has 0 aliphatic heterocycles. The van der Waals surface area contributed by atoms with Crippen LogP contribution >= 0.6 is 11.8 Å². The molecule has 0 saturated carbocycles. The summed E-state index contributed by atoms with van der Waals surface area (Å²) in [4.78, 5) is 0.609.